The quantitative estimate of drug-likeness (QED) is 0.726. The first-order valence-corrected chi connectivity index (χ1v) is 7.75. The summed E-state index contributed by atoms with van der Waals surface area (Å²) in [5, 5.41) is 26.1. The Bertz CT molecular complexity index is 876. The molecular formula is C18H15F3N2O3. The summed E-state index contributed by atoms with van der Waals surface area (Å²) in [6.45, 7) is -0.547. The third-order valence-corrected chi connectivity index (χ3v) is 3.82. The van der Waals surface area contributed by atoms with Crippen LogP contribution in [-0.4, -0.2) is 27.0 Å². The first kappa shape index (κ1) is 18.1. The summed E-state index contributed by atoms with van der Waals surface area (Å²) in [6, 6.07) is 12.0. The Balaban J connectivity index is 1.87. The van der Waals surface area contributed by atoms with Gasteiger partial charge in [-0.25, -0.2) is 0 Å². The fourth-order valence-electron chi connectivity index (χ4n) is 2.47. The lowest BCUT2D eigenvalue weighted by Gasteiger charge is -2.09. The Kier molecular flexibility index (Phi) is 5.06. The monoisotopic (exact) mass is 364 g/mol. The summed E-state index contributed by atoms with van der Waals surface area (Å²) in [4.78, 5) is 0. The van der Waals surface area contributed by atoms with E-state index in [1.165, 1.54) is 12.1 Å². The van der Waals surface area contributed by atoms with Crippen LogP contribution in [0.15, 0.2) is 52.9 Å². The molecule has 1 atom stereocenters. The van der Waals surface area contributed by atoms with Crippen LogP contribution in [0.1, 0.15) is 28.7 Å². The van der Waals surface area contributed by atoms with E-state index < -0.39 is 24.5 Å². The molecule has 2 aromatic carbocycles. The summed E-state index contributed by atoms with van der Waals surface area (Å²) in [5.41, 5.74) is 1.38. The predicted molar refractivity (Wildman–Crippen MR) is 86.0 cm³/mol. The maximum Gasteiger partial charge on any atom is 0.416 e. The number of hydrogen-bond acceptors (Lipinski definition) is 5. The zero-order valence-electron chi connectivity index (χ0n) is 13.4. The van der Waals surface area contributed by atoms with Gasteiger partial charge in [0.2, 0.25) is 11.8 Å². The molecule has 8 heteroatoms. The van der Waals surface area contributed by atoms with Crippen LogP contribution in [0.4, 0.5) is 13.2 Å². The second-order valence-electron chi connectivity index (χ2n) is 5.67. The van der Waals surface area contributed by atoms with Gasteiger partial charge in [0, 0.05) is 5.56 Å². The Morgan fingerprint density at radius 2 is 1.69 bits per heavy atom. The highest BCUT2D eigenvalue weighted by Gasteiger charge is 2.30. The summed E-state index contributed by atoms with van der Waals surface area (Å²) in [6.07, 6.45) is -5.27. The van der Waals surface area contributed by atoms with E-state index in [-0.39, 0.29) is 11.8 Å². The van der Waals surface area contributed by atoms with E-state index in [0.29, 0.717) is 17.5 Å². The number of rotatable bonds is 5. The van der Waals surface area contributed by atoms with E-state index in [1.807, 2.05) is 0 Å². The van der Waals surface area contributed by atoms with E-state index in [4.69, 9.17) is 9.52 Å². The van der Waals surface area contributed by atoms with Crippen molar-refractivity contribution in [1.82, 2.24) is 10.2 Å². The first-order chi connectivity index (χ1) is 12.4. The first-order valence-electron chi connectivity index (χ1n) is 7.75. The molecule has 3 aromatic rings. The van der Waals surface area contributed by atoms with Crippen LogP contribution < -0.4 is 0 Å². The van der Waals surface area contributed by atoms with Crippen molar-refractivity contribution in [3.63, 3.8) is 0 Å². The number of aliphatic hydroxyl groups is 2. The molecule has 0 amide bonds. The van der Waals surface area contributed by atoms with Gasteiger partial charge in [0.15, 0.2) is 6.10 Å². The molecule has 0 saturated heterocycles. The molecule has 0 saturated carbocycles. The van der Waals surface area contributed by atoms with Gasteiger partial charge in [-0.2, -0.15) is 13.2 Å². The molecule has 2 N–H and O–H groups in total. The van der Waals surface area contributed by atoms with Gasteiger partial charge in [-0.05, 0) is 35.7 Å². The molecule has 1 aromatic heterocycles. The Morgan fingerprint density at radius 1 is 1.00 bits per heavy atom. The van der Waals surface area contributed by atoms with E-state index in [0.717, 1.165) is 17.7 Å². The number of aliphatic hydroxyl groups excluding tert-OH is 2. The molecule has 0 radical (unpaired) electrons. The Hall–Kier alpha value is -2.71. The molecule has 0 fully saturated rings. The van der Waals surface area contributed by atoms with Crippen LogP contribution in [-0.2, 0) is 12.6 Å². The Morgan fingerprint density at radius 3 is 2.35 bits per heavy atom. The summed E-state index contributed by atoms with van der Waals surface area (Å²) in [7, 11) is 0. The minimum absolute atomic E-state index is 0.105. The van der Waals surface area contributed by atoms with Crippen molar-refractivity contribution >= 4 is 0 Å². The number of aromatic nitrogens is 2. The fraction of sp³-hybridized carbons (Fsp3) is 0.222. The lowest BCUT2D eigenvalue weighted by atomic mass is 9.99. The van der Waals surface area contributed by atoms with Crippen LogP contribution in [0.5, 0.6) is 0 Å². The van der Waals surface area contributed by atoms with Crippen molar-refractivity contribution < 1.29 is 27.8 Å². The maximum atomic E-state index is 12.7. The van der Waals surface area contributed by atoms with E-state index in [9.17, 15) is 18.3 Å². The van der Waals surface area contributed by atoms with Gasteiger partial charge >= 0.3 is 6.18 Å². The number of alkyl halides is 3. The number of hydrogen-bond donors (Lipinski definition) is 2. The SMILES string of the molecule is OCC(O)c1nnc(-c2ccccc2Cc2ccc(C(F)(F)F)cc2)o1. The average molecular weight is 364 g/mol. The normalized spacial score (nSPS) is 13.0. The second-order valence-corrected chi connectivity index (χ2v) is 5.67. The summed E-state index contributed by atoms with van der Waals surface area (Å²) < 4.78 is 43.4. The fourth-order valence-corrected chi connectivity index (χ4v) is 2.47. The lowest BCUT2D eigenvalue weighted by Crippen LogP contribution is -2.04. The number of halogens is 3. The molecule has 0 bridgehead atoms. The highest BCUT2D eigenvalue weighted by molar-refractivity contribution is 5.59. The van der Waals surface area contributed by atoms with Crippen LogP contribution in [0.3, 0.4) is 0 Å². The van der Waals surface area contributed by atoms with Crippen LogP contribution in [0, 0.1) is 0 Å². The smallest absolute Gasteiger partial charge is 0.416 e. The van der Waals surface area contributed by atoms with E-state index in [1.54, 1.807) is 24.3 Å². The molecule has 3 rings (SSSR count). The Labute approximate surface area is 146 Å². The topological polar surface area (TPSA) is 79.4 Å². The largest absolute Gasteiger partial charge is 0.418 e. The molecule has 136 valence electrons. The maximum absolute atomic E-state index is 12.7. The van der Waals surface area contributed by atoms with Crippen molar-refractivity contribution in [2.75, 3.05) is 6.61 Å². The third-order valence-electron chi connectivity index (χ3n) is 3.82. The van der Waals surface area contributed by atoms with Gasteiger partial charge in [-0.15, -0.1) is 10.2 Å². The zero-order chi connectivity index (χ0) is 18.7. The summed E-state index contributed by atoms with van der Waals surface area (Å²) >= 11 is 0. The van der Waals surface area contributed by atoms with Crippen molar-refractivity contribution in [3.05, 3.63) is 71.1 Å². The highest BCUT2D eigenvalue weighted by atomic mass is 19.4. The molecule has 0 aliphatic rings. The zero-order valence-corrected chi connectivity index (χ0v) is 13.4. The number of nitrogens with zero attached hydrogens (tertiary/aromatic N) is 2. The van der Waals surface area contributed by atoms with Gasteiger partial charge in [0.1, 0.15) is 0 Å². The lowest BCUT2D eigenvalue weighted by molar-refractivity contribution is -0.137. The van der Waals surface area contributed by atoms with Crippen molar-refractivity contribution in [3.8, 4) is 11.5 Å². The van der Waals surface area contributed by atoms with Gasteiger partial charge < -0.3 is 14.6 Å². The van der Waals surface area contributed by atoms with Crippen molar-refractivity contribution in [2.24, 2.45) is 0 Å². The van der Waals surface area contributed by atoms with Gasteiger partial charge in [-0.3, -0.25) is 0 Å². The second kappa shape index (κ2) is 7.27. The number of benzene rings is 2. The minimum atomic E-state index is -4.37. The van der Waals surface area contributed by atoms with Gasteiger partial charge in [-0.1, -0.05) is 30.3 Å². The summed E-state index contributed by atoms with van der Waals surface area (Å²) in [5.74, 6) is 0.0573. The van der Waals surface area contributed by atoms with Gasteiger partial charge in [0.05, 0.1) is 12.2 Å². The predicted octanol–water partition coefficient (Wildman–Crippen LogP) is 3.37. The molecule has 26 heavy (non-hydrogen) atoms. The standard InChI is InChI=1S/C18H15F3N2O3/c19-18(20,21)13-7-5-11(6-8-13)9-12-3-1-2-4-14(12)16-22-23-17(26-16)15(25)10-24/h1-8,15,24-25H,9-10H2. The van der Waals surface area contributed by atoms with Crippen molar-refractivity contribution in [1.29, 1.82) is 0 Å². The molecule has 0 aliphatic heterocycles. The molecule has 0 aliphatic carbocycles. The molecule has 5 nitrogen and oxygen atoms in total. The molecular weight excluding hydrogens is 349 g/mol. The van der Waals surface area contributed by atoms with E-state index in [2.05, 4.69) is 10.2 Å². The molecule has 0 spiro atoms. The van der Waals surface area contributed by atoms with Crippen molar-refractivity contribution in [2.45, 2.75) is 18.7 Å². The van der Waals surface area contributed by atoms with Crippen LogP contribution in [0.25, 0.3) is 11.5 Å². The third kappa shape index (κ3) is 3.92. The van der Waals surface area contributed by atoms with Crippen LogP contribution in [0.2, 0.25) is 0 Å². The average Bonchev–Trinajstić information content (AvgIpc) is 3.11. The van der Waals surface area contributed by atoms with E-state index >= 15 is 0 Å². The highest BCUT2D eigenvalue weighted by Crippen LogP contribution is 2.30. The molecule has 1 unspecified atom stereocenters. The minimum Gasteiger partial charge on any atom is -0.418 e. The molecule has 1 heterocycles. The van der Waals surface area contributed by atoms with Gasteiger partial charge in [0.25, 0.3) is 0 Å². The van der Waals surface area contributed by atoms with Crippen LogP contribution >= 0.6 is 0 Å².